The first-order chi connectivity index (χ1) is 11.3. The minimum atomic E-state index is -4.67. The Morgan fingerprint density at radius 1 is 1.25 bits per heavy atom. The van der Waals surface area contributed by atoms with E-state index >= 15 is 0 Å². The van der Waals surface area contributed by atoms with Crippen molar-refractivity contribution in [3.8, 4) is 11.4 Å². The molecule has 9 heteroatoms. The summed E-state index contributed by atoms with van der Waals surface area (Å²) in [4.78, 5) is 30.2. The average Bonchev–Trinajstić information content (AvgIpc) is 2.53. The Hall–Kier alpha value is -3.10. The van der Waals surface area contributed by atoms with E-state index in [1.54, 1.807) is 0 Å². The van der Waals surface area contributed by atoms with E-state index in [0.717, 1.165) is 23.8 Å². The summed E-state index contributed by atoms with van der Waals surface area (Å²) in [5, 5.41) is -0.158. The number of hydrogen-bond donors (Lipinski definition) is 1. The van der Waals surface area contributed by atoms with Crippen molar-refractivity contribution >= 4 is 10.9 Å². The molecule has 2 heterocycles. The molecule has 0 aliphatic heterocycles. The van der Waals surface area contributed by atoms with Crippen LogP contribution in [0.3, 0.4) is 0 Å². The number of halogens is 3. The van der Waals surface area contributed by atoms with Gasteiger partial charge in [-0.2, -0.15) is 13.2 Å². The predicted molar refractivity (Wildman–Crippen MR) is 79.5 cm³/mol. The second kappa shape index (κ2) is 5.52. The third-order valence-corrected chi connectivity index (χ3v) is 3.42. The number of fused-ring (bicyclic) bond motifs is 1. The molecule has 0 saturated carbocycles. The van der Waals surface area contributed by atoms with Gasteiger partial charge in [-0.05, 0) is 24.3 Å². The van der Waals surface area contributed by atoms with Crippen LogP contribution >= 0.6 is 0 Å². The van der Waals surface area contributed by atoms with Crippen LogP contribution in [0.1, 0.15) is 5.56 Å². The molecule has 3 aromatic rings. The smallest absolute Gasteiger partial charge is 0.416 e. The van der Waals surface area contributed by atoms with Crippen LogP contribution in [0.4, 0.5) is 13.2 Å². The lowest BCUT2D eigenvalue weighted by Crippen LogP contribution is -2.30. The molecule has 0 amide bonds. The molecule has 0 atom stereocenters. The third kappa shape index (κ3) is 2.53. The number of aromatic amines is 1. The Bertz CT molecular complexity index is 1020. The van der Waals surface area contributed by atoms with E-state index in [2.05, 4.69) is 9.97 Å². The van der Waals surface area contributed by atoms with Gasteiger partial charge in [0, 0.05) is 6.20 Å². The molecule has 1 N–H and O–H groups in total. The third-order valence-electron chi connectivity index (χ3n) is 3.42. The number of nitrogens with one attached hydrogen (secondary N) is 1. The lowest BCUT2D eigenvalue weighted by atomic mass is 10.1. The lowest BCUT2D eigenvalue weighted by Gasteiger charge is -2.14. The maximum atomic E-state index is 13.1. The van der Waals surface area contributed by atoms with Gasteiger partial charge in [-0.15, -0.1) is 0 Å². The Morgan fingerprint density at radius 2 is 2.00 bits per heavy atom. The SMILES string of the molecule is COc1cc(C(F)(F)F)cc2c1c(=O)[nH]c(=O)n2-c1cccnc1. The number of aromatic nitrogens is 3. The fraction of sp³-hybridized carbons (Fsp3) is 0.133. The largest absolute Gasteiger partial charge is 0.496 e. The minimum Gasteiger partial charge on any atom is -0.496 e. The Morgan fingerprint density at radius 3 is 2.58 bits per heavy atom. The van der Waals surface area contributed by atoms with Crippen molar-refractivity contribution < 1.29 is 17.9 Å². The van der Waals surface area contributed by atoms with Gasteiger partial charge in [0.05, 0.1) is 30.1 Å². The maximum absolute atomic E-state index is 13.1. The lowest BCUT2D eigenvalue weighted by molar-refractivity contribution is -0.137. The van der Waals surface area contributed by atoms with Gasteiger partial charge < -0.3 is 4.74 Å². The van der Waals surface area contributed by atoms with Crippen LogP contribution in [0.2, 0.25) is 0 Å². The summed E-state index contributed by atoms with van der Waals surface area (Å²) in [7, 11) is 1.15. The number of methoxy groups -OCH3 is 1. The number of nitrogens with zero attached hydrogens (tertiary/aromatic N) is 2. The van der Waals surface area contributed by atoms with E-state index in [0.29, 0.717) is 0 Å². The van der Waals surface area contributed by atoms with Crippen LogP contribution in [0, 0.1) is 0 Å². The Labute approximate surface area is 132 Å². The fourth-order valence-electron chi connectivity index (χ4n) is 2.40. The number of rotatable bonds is 2. The molecule has 0 aliphatic rings. The van der Waals surface area contributed by atoms with Gasteiger partial charge in [-0.25, -0.2) is 4.79 Å². The highest BCUT2D eigenvalue weighted by Crippen LogP contribution is 2.35. The van der Waals surface area contributed by atoms with E-state index in [9.17, 15) is 22.8 Å². The monoisotopic (exact) mass is 337 g/mol. The van der Waals surface area contributed by atoms with Crippen LogP contribution in [-0.4, -0.2) is 21.6 Å². The van der Waals surface area contributed by atoms with Crippen molar-refractivity contribution in [2.45, 2.75) is 6.18 Å². The van der Waals surface area contributed by atoms with Gasteiger partial charge in [0.2, 0.25) is 0 Å². The summed E-state index contributed by atoms with van der Waals surface area (Å²) in [5.41, 5.74) is -2.74. The van der Waals surface area contributed by atoms with Gasteiger partial charge in [0.15, 0.2) is 0 Å². The molecule has 0 aliphatic carbocycles. The maximum Gasteiger partial charge on any atom is 0.416 e. The minimum absolute atomic E-state index is 0.158. The molecule has 124 valence electrons. The molecule has 3 rings (SSSR count). The number of benzene rings is 1. The van der Waals surface area contributed by atoms with Gasteiger partial charge in [0.25, 0.3) is 5.56 Å². The van der Waals surface area contributed by atoms with Gasteiger partial charge in [0.1, 0.15) is 11.1 Å². The average molecular weight is 337 g/mol. The summed E-state index contributed by atoms with van der Waals surface area (Å²) in [6, 6.07) is 4.46. The number of alkyl halides is 3. The summed E-state index contributed by atoms with van der Waals surface area (Å²) in [5.74, 6) is -0.279. The summed E-state index contributed by atoms with van der Waals surface area (Å²) >= 11 is 0. The van der Waals surface area contributed by atoms with E-state index < -0.39 is 23.0 Å². The zero-order valence-corrected chi connectivity index (χ0v) is 12.2. The second-order valence-corrected chi connectivity index (χ2v) is 4.88. The molecule has 0 saturated heterocycles. The summed E-state index contributed by atoms with van der Waals surface area (Å²) < 4.78 is 45.2. The van der Waals surface area contributed by atoms with Crippen molar-refractivity contribution in [3.63, 3.8) is 0 Å². The van der Waals surface area contributed by atoms with E-state index in [-0.39, 0.29) is 22.3 Å². The van der Waals surface area contributed by atoms with Crippen LogP contribution in [-0.2, 0) is 6.18 Å². The van der Waals surface area contributed by atoms with Crippen molar-refractivity contribution in [3.05, 3.63) is 63.1 Å². The Kier molecular flexibility index (Phi) is 3.63. The normalized spacial score (nSPS) is 11.7. The zero-order valence-electron chi connectivity index (χ0n) is 12.2. The first-order valence-electron chi connectivity index (χ1n) is 6.67. The highest BCUT2D eigenvalue weighted by Gasteiger charge is 2.32. The molecule has 2 aromatic heterocycles. The molecular weight excluding hydrogens is 327 g/mol. The molecule has 24 heavy (non-hydrogen) atoms. The number of hydrogen-bond acceptors (Lipinski definition) is 4. The van der Waals surface area contributed by atoms with Crippen LogP contribution in [0.15, 0.2) is 46.2 Å². The molecule has 6 nitrogen and oxygen atoms in total. The number of pyridine rings is 1. The highest BCUT2D eigenvalue weighted by atomic mass is 19.4. The Balaban J connectivity index is 2.53. The first-order valence-corrected chi connectivity index (χ1v) is 6.67. The standard InChI is InChI=1S/C15H10F3N3O3/c1-24-11-6-8(15(16,17)18)5-10-12(11)13(22)20-14(23)21(10)9-3-2-4-19-7-9/h2-7H,1H3,(H,20,22,23). The molecule has 0 unspecified atom stereocenters. The molecule has 0 radical (unpaired) electrons. The molecule has 0 bridgehead atoms. The van der Waals surface area contributed by atoms with E-state index in [1.165, 1.54) is 24.5 Å². The summed E-state index contributed by atoms with van der Waals surface area (Å²) in [6.07, 6.45) is -1.92. The fourth-order valence-corrected chi connectivity index (χ4v) is 2.40. The second-order valence-electron chi connectivity index (χ2n) is 4.88. The summed E-state index contributed by atoms with van der Waals surface area (Å²) in [6.45, 7) is 0. The van der Waals surface area contributed by atoms with E-state index in [1.807, 2.05) is 0 Å². The van der Waals surface area contributed by atoms with Gasteiger partial charge >= 0.3 is 11.9 Å². The van der Waals surface area contributed by atoms with E-state index in [4.69, 9.17) is 4.74 Å². The highest BCUT2D eigenvalue weighted by molar-refractivity contribution is 5.86. The zero-order chi connectivity index (χ0) is 17.5. The predicted octanol–water partition coefficient (Wildman–Crippen LogP) is 2.10. The quantitative estimate of drug-likeness (QED) is 0.777. The van der Waals surface area contributed by atoms with Crippen molar-refractivity contribution in [1.82, 2.24) is 14.5 Å². The van der Waals surface area contributed by atoms with Crippen molar-refractivity contribution in [2.75, 3.05) is 7.11 Å². The van der Waals surface area contributed by atoms with Crippen molar-refractivity contribution in [2.24, 2.45) is 0 Å². The van der Waals surface area contributed by atoms with Gasteiger partial charge in [-0.1, -0.05) is 0 Å². The van der Waals surface area contributed by atoms with Crippen LogP contribution < -0.4 is 16.0 Å². The van der Waals surface area contributed by atoms with Crippen LogP contribution in [0.25, 0.3) is 16.6 Å². The molecule has 0 spiro atoms. The first kappa shape index (κ1) is 15.8. The molecule has 1 aromatic carbocycles. The molecule has 0 fully saturated rings. The van der Waals surface area contributed by atoms with Gasteiger partial charge in [-0.3, -0.25) is 19.3 Å². The topological polar surface area (TPSA) is 77.0 Å². The van der Waals surface area contributed by atoms with Crippen molar-refractivity contribution in [1.29, 1.82) is 0 Å². The number of H-pyrrole nitrogens is 1. The van der Waals surface area contributed by atoms with Crippen LogP contribution in [0.5, 0.6) is 5.75 Å². The number of ether oxygens (including phenoxy) is 1. The molecular formula is C15H10F3N3O3.